The predicted octanol–water partition coefficient (Wildman–Crippen LogP) is 3.92. The van der Waals surface area contributed by atoms with Crippen molar-refractivity contribution in [2.45, 2.75) is 46.1 Å². The number of esters is 1. The van der Waals surface area contributed by atoms with Crippen molar-refractivity contribution in [3.8, 4) is 11.1 Å². The summed E-state index contributed by atoms with van der Waals surface area (Å²) in [6.45, 7) is 7.61. The molecule has 27 heavy (non-hydrogen) atoms. The van der Waals surface area contributed by atoms with Gasteiger partial charge in [-0.05, 0) is 29.2 Å². The van der Waals surface area contributed by atoms with Crippen LogP contribution in [0.5, 0.6) is 0 Å². The first kappa shape index (κ1) is 19.2. The number of hydrogen-bond donors (Lipinski definition) is 1. The molecule has 2 aromatic carbocycles. The van der Waals surface area contributed by atoms with Crippen LogP contribution < -0.4 is 5.32 Å². The second-order valence-corrected chi connectivity index (χ2v) is 8.21. The second kappa shape index (κ2) is 7.18. The van der Waals surface area contributed by atoms with Gasteiger partial charge in [-0.15, -0.1) is 0 Å². The van der Waals surface area contributed by atoms with Gasteiger partial charge in [0, 0.05) is 18.3 Å². The van der Waals surface area contributed by atoms with Crippen LogP contribution in [0.2, 0.25) is 0 Å². The Balaban J connectivity index is 1.94. The number of hydrogen-bond acceptors (Lipinski definition) is 3. The quantitative estimate of drug-likeness (QED) is 0.836. The molecule has 0 heterocycles. The Kier molecular flexibility index (Phi) is 5.09. The van der Waals surface area contributed by atoms with Crippen LogP contribution in [0.3, 0.4) is 0 Å². The highest BCUT2D eigenvalue weighted by Crippen LogP contribution is 2.35. The van der Waals surface area contributed by atoms with Gasteiger partial charge in [-0.1, -0.05) is 69.3 Å². The molecule has 0 aromatic heterocycles. The summed E-state index contributed by atoms with van der Waals surface area (Å²) in [5.74, 6) is -0.508. The van der Waals surface area contributed by atoms with Gasteiger partial charge in [-0.2, -0.15) is 0 Å². The molecule has 1 N–H and O–H groups in total. The molecule has 0 saturated heterocycles. The van der Waals surface area contributed by atoms with Gasteiger partial charge < -0.3 is 10.1 Å². The smallest absolute Gasteiger partial charge is 0.332 e. The summed E-state index contributed by atoms with van der Waals surface area (Å²) in [5, 5.41) is 3.01. The van der Waals surface area contributed by atoms with Crippen LogP contribution in [0.1, 0.15) is 38.8 Å². The lowest BCUT2D eigenvalue weighted by Gasteiger charge is -2.31. The maximum atomic E-state index is 12.8. The Hall–Kier alpha value is -2.62. The minimum absolute atomic E-state index is 0.147. The third-order valence-corrected chi connectivity index (χ3v) is 5.00. The van der Waals surface area contributed by atoms with Crippen LogP contribution in [0, 0.1) is 5.41 Å². The van der Waals surface area contributed by atoms with E-state index in [1.165, 1.54) is 0 Å². The average Bonchev–Trinajstić information content (AvgIpc) is 3.00. The Labute approximate surface area is 160 Å². The van der Waals surface area contributed by atoms with E-state index < -0.39 is 11.0 Å². The van der Waals surface area contributed by atoms with Gasteiger partial charge >= 0.3 is 5.97 Å². The molecule has 3 rings (SSSR count). The second-order valence-electron chi connectivity index (χ2n) is 8.21. The van der Waals surface area contributed by atoms with Gasteiger partial charge in [-0.25, -0.2) is 4.79 Å². The van der Waals surface area contributed by atoms with E-state index in [-0.39, 0.29) is 18.5 Å². The molecule has 2 aromatic rings. The number of amides is 1. The lowest BCUT2D eigenvalue weighted by molar-refractivity contribution is -0.154. The molecular formula is C23H27NO3. The summed E-state index contributed by atoms with van der Waals surface area (Å²) >= 11 is 0. The monoisotopic (exact) mass is 365 g/mol. The molecular weight excluding hydrogens is 338 g/mol. The van der Waals surface area contributed by atoms with E-state index in [9.17, 15) is 9.59 Å². The summed E-state index contributed by atoms with van der Waals surface area (Å²) in [4.78, 5) is 25.5. The van der Waals surface area contributed by atoms with Crippen LogP contribution in [-0.4, -0.2) is 24.0 Å². The predicted molar refractivity (Wildman–Crippen MR) is 106 cm³/mol. The van der Waals surface area contributed by atoms with Crippen molar-refractivity contribution in [2.75, 3.05) is 6.61 Å². The topological polar surface area (TPSA) is 55.4 Å². The molecule has 0 fully saturated rings. The summed E-state index contributed by atoms with van der Waals surface area (Å²) in [6.07, 6.45) is 0.904. The SMILES string of the molecule is CCOC(=O)C1(NC(=O)C(C)(C)C)Cc2ccc(-c3ccccc3)cc2C1. The van der Waals surface area contributed by atoms with E-state index in [0.29, 0.717) is 12.8 Å². The molecule has 4 nitrogen and oxygen atoms in total. The first-order valence-corrected chi connectivity index (χ1v) is 9.42. The number of benzene rings is 2. The van der Waals surface area contributed by atoms with Gasteiger partial charge in [0.05, 0.1) is 6.61 Å². The fraction of sp³-hybridized carbons (Fsp3) is 0.391. The number of nitrogens with one attached hydrogen (secondary N) is 1. The average molecular weight is 365 g/mol. The summed E-state index contributed by atoms with van der Waals surface area (Å²) < 4.78 is 5.34. The normalized spacial score (nSPS) is 18.7. The zero-order valence-corrected chi connectivity index (χ0v) is 16.5. The summed E-state index contributed by atoms with van der Waals surface area (Å²) in [6, 6.07) is 16.4. The Bertz CT molecular complexity index is 852. The van der Waals surface area contributed by atoms with E-state index in [1.807, 2.05) is 39.0 Å². The molecule has 0 radical (unpaired) electrons. The van der Waals surface area contributed by atoms with E-state index in [4.69, 9.17) is 4.74 Å². The van der Waals surface area contributed by atoms with E-state index >= 15 is 0 Å². The maximum Gasteiger partial charge on any atom is 0.332 e. The molecule has 0 aliphatic heterocycles. The van der Waals surface area contributed by atoms with Crippen molar-refractivity contribution >= 4 is 11.9 Å². The van der Waals surface area contributed by atoms with Gasteiger partial charge in [0.2, 0.25) is 5.91 Å². The fourth-order valence-electron chi connectivity index (χ4n) is 3.44. The zero-order chi connectivity index (χ0) is 19.7. The standard InChI is InChI=1S/C23H27NO3/c1-5-27-21(26)23(24-20(25)22(2,3)4)14-18-12-11-17(13-19(18)15-23)16-9-7-6-8-10-16/h6-13H,5,14-15H2,1-4H3,(H,24,25). The first-order valence-electron chi connectivity index (χ1n) is 9.42. The molecule has 142 valence electrons. The van der Waals surface area contributed by atoms with E-state index in [0.717, 1.165) is 22.3 Å². The Morgan fingerprint density at radius 1 is 1.00 bits per heavy atom. The van der Waals surface area contributed by atoms with Crippen molar-refractivity contribution < 1.29 is 14.3 Å². The molecule has 1 unspecified atom stereocenters. The Morgan fingerprint density at radius 2 is 1.67 bits per heavy atom. The number of carbonyl (C=O) groups excluding carboxylic acids is 2. The first-order chi connectivity index (χ1) is 12.7. The van der Waals surface area contributed by atoms with Gasteiger partial charge in [-0.3, -0.25) is 4.79 Å². The minimum atomic E-state index is -1.03. The summed E-state index contributed by atoms with van der Waals surface area (Å²) in [5.41, 5.74) is 2.79. The zero-order valence-electron chi connectivity index (χ0n) is 16.5. The van der Waals surface area contributed by atoms with Crippen molar-refractivity contribution in [2.24, 2.45) is 5.41 Å². The molecule has 1 atom stereocenters. The molecule has 4 heteroatoms. The van der Waals surface area contributed by atoms with Crippen LogP contribution in [-0.2, 0) is 27.2 Å². The van der Waals surface area contributed by atoms with Gasteiger partial charge in [0.1, 0.15) is 5.54 Å². The van der Waals surface area contributed by atoms with Crippen LogP contribution in [0.25, 0.3) is 11.1 Å². The number of rotatable bonds is 4. The van der Waals surface area contributed by atoms with Crippen LogP contribution >= 0.6 is 0 Å². The van der Waals surface area contributed by atoms with Crippen molar-refractivity contribution in [3.05, 3.63) is 59.7 Å². The number of carbonyl (C=O) groups is 2. The van der Waals surface area contributed by atoms with Gasteiger partial charge in [0.25, 0.3) is 0 Å². The van der Waals surface area contributed by atoms with Crippen molar-refractivity contribution in [3.63, 3.8) is 0 Å². The van der Waals surface area contributed by atoms with Crippen molar-refractivity contribution in [1.29, 1.82) is 0 Å². The third kappa shape index (κ3) is 3.90. The lowest BCUT2D eigenvalue weighted by Crippen LogP contribution is -2.58. The molecule has 0 saturated carbocycles. The van der Waals surface area contributed by atoms with Crippen LogP contribution in [0.4, 0.5) is 0 Å². The highest BCUT2D eigenvalue weighted by Gasteiger charge is 2.47. The van der Waals surface area contributed by atoms with E-state index in [1.54, 1.807) is 6.92 Å². The molecule has 1 amide bonds. The lowest BCUT2D eigenvalue weighted by atomic mass is 9.90. The molecule has 0 bridgehead atoms. The minimum Gasteiger partial charge on any atom is -0.464 e. The Morgan fingerprint density at radius 3 is 2.30 bits per heavy atom. The largest absolute Gasteiger partial charge is 0.464 e. The van der Waals surface area contributed by atoms with E-state index in [2.05, 4.69) is 35.6 Å². The van der Waals surface area contributed by atoms with Crippen LogP contribution in [0.15, 0.2) is 48.5 Å². The fourth-order valence-corrected chi connectivity index (χ4v) is 3.44. The summed E-state index contributed by atoms with van der Waals surface area (Å²) in [7, 11) is 0. The van der Waals surface area contributed by atoms with Crippen molar-refractivity contribution in [1.82, 2.24) is 5.32 Å². The highest BCUT2D eigenvalue weighted by atomic mass is 16.5. The maximum absolute atomic E-state index is 12.8. The molecule has 1 aliphatic carbocycles. The third-order valence-electron chi connectivity index (χ3n) is 5.00. The number of fused-ring (bicyclic) bond motifs is 1. The van der Waals surface area contributed by atoms with Gasteiger partial charge in [0.15, 0.2) is 0 Å². The number of ether oxygens (including phenoxy) is 1. The highest BCUT2D eigenvalue weighted by molar-refractivity contribution is 5.91. The molecule has 0 spiro atoms. The molecule has 1 aliphatic rings.